The average Bonchev–Trinajstić information content (AvgIpc) is 2.65. The van der Waals surface area contributed by atoms with E-state index in [0.29, 0.717) is 0 Å². The summed E-state index contributed by atoms with van der Waals surface area (Å²) in [6.07, 6.45) is 6.21. The Morgan fingerprint density at radius 3 is 2.70 bits per heavy atom. The third-order valence-electron chi connectivity index (χ3n) is 4.30. The molecule has 2 aromatic rings. The Kier molecular flexibility index (Phi) is 3.64. The van der Waals surface area contributed by atoms with Crippen LogP contribution in [-0.2, 0) is 12.8 Å². The Morgan fingerprint density at radius 2 is 1.90 bits per heavy atom. The summed E-state index contributed by atoms with van der Waals surface area (Å²) < 4.78 is 0. The van der Waals surface area contributed by atoms with Gasteiger partial charge in [-0.2, -0.15) is 0 Å². The highest BCUT2D eigenvalue weighted by Gasteiger charge is 2.17. The zero-order chi connectivity index (χ0) is 14.1. The molecule has 2 heteroatoms. The molecule has 20 heavy (non-hydrogen) atoms. The summed E-state index contributed by atoms with van der Waals surface area (Å²) in [7, 11) is 0. The van der Waals surface area contributed by atoms with Crippen molar-refractivity contribution in [1.29, 1.82) is 0 Å². The second-order valence-corrected chi connectivity index (χ2v) is 5.98. The molecule has 0 saturated heterocycles. The zero-order valence-electron chi connectivity index (χ0n) is 12.8. The number of aryl methyl sites for hydroxylation is 3. The van der Waals surface area contributed by atoms with E-state index < -0.39 is 0 Å². The second kappa shape index (κ2) is 5.43. The number of nitrogens with one attached hydrogen (secondary N) is 1. The van der Waals surface area contributed by atoms with E-state index in [-0.39, 0.29) is 0 Å². The van der Waals surface area contributed by atoms with Crippen molar-refractivity contribution in [3.8, 4) is 0 Å². The summed E-state index contributed by atoms with van der Waals surface area (Å²) in [4.78, 5) is 5.02. The summed E-state index contributed by atoms with van der Waals surface area (Å²) in [5.41, 5.74) is 7.96. The first-order valence-electron chi connectivity index (χ1n) is 7.87. The number of hydrogen-bond donors (Lipinski definition) is 1. The van der Waals surface area contributed by atoms with Crippen LogP contribution in [-0.4, -0.2) is 11.5 Å². The van der Waals surface area contributed by atoms with Crippen molar-refractivity contribution < 1.29 is 0 Å². The van der Waals surface area contributed by atoms with Gasteiger partial charge in [0.2, 0.25) is 0 Å². The molecule has 0 spiro atoms. The molecule has 0 radical (unpaired) electrons. The molecule has 1 aromatic carbocycles. The predicted molar refractivity (Wildman–Crippen MR) is 86.6 cm³/mol. The maximum Gasteiger partial charge on any atom is 0.0755 e. The molecule has 0 amide bonds. The standard InChI is InChI=1S/C18H24N2/c1-4-19-18-14-8-6-5-7-9-16(14)20-17-13(3)10-12(2)11-15(17)18/h10-11H,4-9H2,1-3H3,(H,19,20). The molecule has 0 bridgehead atoms. The summed E-state index contributed by atoms with van der Waals surface area (Å²) in [6, 6.07) is 4.53. The van der Waals surface area contributed by atoms with Crippen molar-refractivity contribution in [2.45, 2.75) is 52.9 Å². The van der Waals surface area contributed by atoms with Gasteiger partial charge >= 0.3 is 0 Å². The van der Waals surface area contributed by atoms with Gasteiger partial charge in [-0.3, -0.25) is 4.98 Å². The lowest BCUT2D eigenvalue weighted by atomic mass is 9.98. The number of rotatable bonds is 2. The molecule has 0 atom stereocenters. The molecule has 0 aliphatic heterocycles. The van der Waals surface area contributed by atoms with Gasteiger partial charge in [-0.25, -0.2) is 0 Å². The quantitative estimate of drug-likeness (QED) is 0.808. The summed E-state index contributed by atoms with van der Waals surface area (Å²) >= 11 is 0. The molecule has 3 rings (SSSR count). The molecule has 2 nitrogen and oxygen atoms in total. The number of nitrogens with zero attached hydrogens (tertiary/aromatic N) is 1. The molecule has 0 unspecified atom stereocenters. The average molecular weight is 268 g/mol. The Balaban J connectivity index is 2.33. The van der Waals surface area contributed by atoms with Crippen LogP contribution in [0.25, 0.3) is 10.9 Å². The summed E-state index contributed by atoms with van der Waals surface area (Å²) in [5, 5.41) is 4.93. The fourth-order valence-electron chi connectivity index (χ4n) is 3.43. The maximum absolute atomic E-state index is 5.02. The van der Waals surface area contributed by atoms with Crippen molar-refractivity contribution in [2.75, 3.05) is 11.9 Å². The molecule has 1 heterocycles. The molecular formula is C18H24N2. The fourth-order valence-corrected chi connectivity index (χ4v) is 3.43. The van der Waals surface area contributed by atoms with Crippen LogP contribution >= 0.6 is 0 Å². The Hall–Kier alpha value is -1.57. The fraction of sp³-hybridized carbons (Fsp3) is 0.500. The Morgan fingerprint density at radius 1 is 1.10 bits per heavy atom. The van der Waals surface area contributed by atoms with Gasteiger partial charge in [0.05, 0.1) is 5.52 Å². The lowest BCUT2D eigenvalue weighted by Crippen LogP contribution is -2.07. The largest absolute Gasteiger partial charge is 0.384 e. The van der Waals surface area contributed by atoms with Gasteiger partial charge in [-0.1, -0.05) is 18.1 Å². The van der Waals surface area contributed by atoms with Crippen molar-refractivity contribution in [3.63, 3.8) is 0 Å². The van der Waals surface area contributed by atoms with Crippen LogP contribution < -0.4 is 5.32 Å². The molecule has 106 valence electrons. The summed E-state index contributed by atoms with van der Waals surface area (Å²) in [5.74, 6) is 0. The van der Waals surface area contributed by atoms with Crippen LogP contribution in [0.2, 0.25) is 0 Å². The summed E-state index contributed by atoms with van der Waals surface area (Å²) in [6.45, 7) is 7.51. The van der Waals surface area contributed by atoms with Gasteiger partial charge in [-0.15, -0.1) is 0 Å². The molecule has 1 N–H and O–H groups in total. The monoisotopic (exact) mass is 268 g/mol. The van der Waals surface area contributed by atoms with Crippen LogP contribution in [0.15, 0.2) is 12.1 Å². The zero-order valence-corrected chi connectivity index (χ0v) is 12.8. The van der Waals surface area contributed by atoms with E-state index in [0.717, 1.165) is 13.0 Å². The molecule has 0 fully saturated rings. The van der Waals surface area contributed by atoms with Crippen molar-refractivity contribution in [2.24, 2.45) is 0 Å². The number of fused-ring (bicyclic) bond motifs is 2. The molecule has 0 saturated carbocycles. The highest BCUT2D eigenvalue weighted by atomic mass is 14.9. The van der Waals surface area contributed by atoms with Gasteiger partial charge in [-0.05, 0) is 63.6 Å². The van der Waals surface area contributed by atoms with E-state index >= 15 is 0 Å². The van der Waals surface area contributed by atoms with E-state index in [1.54, 1.807) is 0 Å². The maximum atomic E-state index is 5.02. The minimum atomic E-state index is 0.971. The van der Waals surface area contributed by atoms with Gasteiger partial charge in [0, 0.05) is 23.3 Å². The predicted octanol–water partition coefficient (Wildman–Crippen LogP) is 4.55. The molecule has 1 aliphatic rings. The minimum absolute atomic E-state index is 0.971. The number of aromatic nitrogens is 1. The van der Waals surface area contributed by atoms with Crippen molar-refractivity contribution >= 4 is 16.6 Å². The first-order chi connectivity index (χ1) is 9.70. The van der Waals surface area contributed by atoms with E-state index in [1.165, 1.54) is 64.7 Å². The lowest BCUT2D eigenvalue weighted by molar-refractivity contribution is 0.709. The number of pyridine rings is 1. The van der Waals surface area contributed by atoms with Crippen LogP contribution in [0.4, 0.5) is 5.69 Å². The number of benzene rings is 1. The Bertz CT molecular complexity index is 644. The molecule has 1 aromatic heterocycles. The van der Waals surface area contributed by atoms with Gasteiger partial charge in [0.25, 0.3) is 0 Å². The van der Waals surface area contributed by atoms with Crippen molar-refractivity contribution in [3.05, 3.63) is 34.5 Å². The number of hydrogen-bond acceptors (Lipinski definition) is 2. The van der Waals surface area contributed by atoms with Crippen LogP contribution in [0.1, 0.15) is 48.6 Å². The highest BCUT2D eigenvalue weighted by molar-refractivity contribution is 5.95. The van der Waals surface area contributed by atoms with Gasteiger partial charge in [0.1, 0.15) is 0 Å². The topological polar surface area (TPSA) is 24.9 Å². The smallest absolute Gasteiger partial charge is 0.0755 e. The van der Waals surface area contributed by atoms with E-state index in [9.17, 15) is 0 Å². The van der Waals surface area contributed by atoms with Crippen LogP contribution in [0.5, 0.6) is 0 Å². The third-order valence-corrected chi connectivity index (χ3v) is 4.30. The van der Waals surface area contributed by atoms with Gasteiger partial charge in [0.15, 0.2) is 0 Å². The normalized spacial score (nSPS) is 14.9. The highest BCUT2D eigenvalue weighted by Crippen LogP contribution is 2.34. The Labute approximate surface area is 121 Å². The van der Waals surface area contributed by atoms with Crippen LogP contribution in [0.3, 0.4) is 0 Å². The van der Waals surface area contributed by atoms with Crippen molar-refractivity contribution in [1.82, 2.24) is 4.98 Å². The number of anilines is 1. The molecule has 1 aliphatic carbocycles. The SMILES string of the molecule is CCNc1c2c(nc3c(C)cc(C)cc13)CCCCC2. The van der Waals surface area contributed by atoms with E-state index in [2.05, 4.69) is 38.2 Å². The third kappa shape index (κ3) is 2.28. The minimum Gasteiger partial charge on any atom is -0.384 e. The van der Waals surface area contributed by atoms with Gasteiger partial charge < -0.3 is 5.32 Å². The lowest BCUT2D eigenvalue weighted by Gasteiger charge is -2.18. The first kappa shape index (κ1) is 13.4. The second-order valence-electron chi connectivity index (χ2n) is 5.98. The molecular weight excluding hydrogens is 244 g/mol. The van der Waals surface area contributed by atoms with E-state index in [1.807, 2.05) is 0 Å². The van der Waals surface area contributed by atoms with E-state index in [4.69, 9.17) is 4.98 Å². The first-order valence-corrected chi connectivity index (χ1v) is 7.87. The van der Waals surface area contributed by atoms with Crippen LogP contribution in [0, 0.1) is 13.8 Å².